The summed E-state index contributed by atoms with van der Waals surface area (Å²) >= 11 is 0. The fourth-order valence-electron chi connectivity index (χ4n) is 1.92. The van der Waals surface area contributed by atoms with E-state index in [-0.39, 0.29) is 0 Å². The first-order valence-corrected chi connectivity index (χ1v) is 5.82. The molecule has 0 N–H and O–H groups in total. The van der Waals surface area contributed by atoms with Gasteiger partial charge in [-0.1, -0.05) is 0 Å². The number of nitrogens with zero attached hydrogens (tertiary/aromatic N) is 2. The normalized spacial score (nSPS) is 14.4. The molecule has 0 atom stereocenters. The third kappa shape index (κ3) is 2.77. The zero-order chi connectivity index (χ0) is 12.3. The lowest BCUT2D eigenvalue weighted by Gasteiger charge is -2.32. The van der Waals surface area contributed by atoms with E-state index in [1.165, 1.54) is 0 Å². The molecule has 0 unspecified atom stereocenters. The molecule has 0 aromatic heterocycles. The second-order valence-electron chi connectivity index (χ2n) is 4.48. The SMILES string of the molecule is CN(C)CCN1CCOc2ccc(C=O)cc21. The van der Waals surface area contributed by atoms with Gasteiger partial charge in [0.05, 0.1) is 12.2 Å². The summed E-state index contributed by atoms with van der Waals surface area (Å²) in [6.07, 6.45) is 0.874. The van der Waals surface area contributed by atoms with Gasteiger partial charge in [0.2, 0.25) is 0 Å². The van der Waals surface area contributed by atoms with Crippen molar-refractivity contribution in [3.63, 3.8) is 0 Å². The molecule has 0 spiro atoms. The summed E-state index contributed by atoms with van der Waals surface area (Å²) in [4.78, 5) is 15.2. The summed E-state index contributed by atoms with van der Waals surface area (Å²) in [5, 5.41) is 0. The zero-order valence-electron chi connectivity index (χ0n) is 10.3. The van der Waals surface area contributed by atoms with Crippen molar-refractivity contribution >= 4 is 12.0 Å². The third-order valence-electron chi connectivity index (χ3n) is 2.90. The van der Waals surface area contributed by atoms with E-state index in [2.05, 4.69) is 23.9 Å². The van der Waals surface area contributed by atoms with Crippen LogP contribution in [0.25, 0.3) is 0 Å². The Morgan fingerprint density at radius 1 is 1.47 bits per heavy atom. The van der Waals surface area contributed by atoms with Crippen LogP contribution in [0.1, 0.15) is 10.4 Å². The Hall–Kier alpha value is -1.55. The molecule has 1 aliphatic rings. The van der Waals surface area contributed by atoms with Gasteiger partial charge in [0.25, 0.3) is 0 Å². The van der Waals surface area contributed by atoms with Crippen molar-refractivity contribution in [1.82, 2.24) is 4.90 Å². The maximum absolute atomic E-state index is 10.8. The molecule has 4 heteroatoms. The Labute approximate surface area is 102 Å². The van der Waals surface area contributed by atoms with Crippen LogP contribution in [-0.4, -0.2) is 51.5 Å². The molecule has 0 saturated carbocycles. The number of carbonyl (C=O) groups is 1. The number of hydrogen-bond donors (Lipinski definition) is 0. The molecule has 1 heterocycles. The number of rotatable bonds is 4. The average Bonchev–Trinajstić information content (AvgIpc) is 2.35. The molecule has 1 aliphatic heterocycles. The summed E-state index contributed by atoms with van der Waals surface area (Å²) in [6.45, 7) is 3.53. The maximum atomic E-state index is 10.8. The van der Waals surface area contributed by atoms with Gasteiger partial charge in [-0.05, 0) is 32.3 Å². The topological polar surface area (TPSA) is 32.8 Å². The van der Waals surface area contributed by atoms with E-state index in [4.69, 9.17) is 4.74 Å². The van der Waals surface area contributed by atoms with Gasteiger partial charge in [-0.3, -0.25) is 4.79 Å². The number of aldehydes is 1. The van der Waals surface area contributed by atoms with Crippen molar-refractivity contribution in [3.8, 4) is 5.75 Å². The minimum absolute atomic E-state index is 0.698. The van der Waals surface area contributed by atoms with E-state index >= 15 is 0 Å². The van der Waals surface area contributed by atoms with Gasteiger partial charge >= 0.3 is 0 Å². The van der Waals surface area contributed by atoms with Crippen LogP contribution in [-0.2, 0) is 0 Å². The van der Waals surface area contributed by atoms with Crippen LogP contribution >= 0.6 is 0 Å². The van der Waals surface area contributed by atoms with Crippen molar-refractivity contribution in [3.05, 3.63) is 23.8 Å². The van der Waals surface area contributed by atoms with E-state index in [0.717, 1.165) is 37.4 Å². The van der Waals surface area contributed by atoms with Gasteiger partial charge < -0.3 is 14.5 Å². The van der Waals surface area contributed by atoms with Crippen molar-refractivity contribution in [1.29, 1.82) is 0 Å². The molecule has 4 nitrogen and oxygen atoms in total. The molecule has 0 saturated heterocycles. The van der Waals surface area contributed by atoms with Crippen LogP contribution in [0.4, 0.5) is 5.69 Å². The summed E-state index contributed by atoms with van der Waals surface area (Å²) < 4.78 is 5.59. The zero-order valence-corrected chi connectivity index (χ0v) is 10.3. The van der Waals surface area contributed by atoms with Crippen molar-refractivity contribution in [2.45, 2.75) is 0 Å². The first kappa shape index (κ1) is 11.9. The number of hydrogen-bond acceptors (Lipinski definition) is 4. The van der Waals surface area contributed by atoms with Crippen LogP contribution in [0.3, 0.4) is 0 Å². The molecule has 1 aromatic carbocycles. The number of benzene rings is 1. The lowest BCUT2D eigenvalue weighted by atomic mass is 10.1. The van der Waals surface area contributed by atoms with Gasteiger partial charge in [-0.15, -0.1) is 0 Å². The van der Waals surface area contributed by atoms with Crippen LogP contribution in [0.5, 0.6) is 5.75 Å². The smallest absolute Gasteiger partial charge is 0.150 e. The second-order valence-corrected chi connectivity index (χ2v) is 4.48. The molecular formula is C13H18N2O2. The first-order valence-electron chi connectivity index (χ1n) is 5.82. The van der Waals surface area contributed by atoms with Gasteiger partial charge in [-0.25, -0.2) is 0 Å². The molecule has 1 aromatic rings. The lowest BCUT2D eigenvalue weighted by Crippen LogP contribution is -2.37. The molecule has 0 aliphatic carbocycles. The number of ether oxygens (including phenoxy) is 1. The number of fused-ring (bicyclic) bond motifs is 1. The predicted molar refractivity (Wildman–Crippen MR) is 68.1 cm³/mol. The molecular weight excluding hydrogens is 216 g/mol. The highest BCUT2D eigenvalue weighted by molar-refractivity contribution is 5.79. The van der Waals surface area contributed by atoms with Crippen molar-refractivity contribution < 1.29 is 9.53 Å². The minimum Gasteiger partial charge on any atom is -0.490 e. The van der Waals surface area contributed by atoms with Gasteiger partial charge in [0, 0.05) is 18.7 Å². The predicted octanol–water partition coefficient (Wildman–Crippen LogP) is 1.26. The van der Waals surface area contributed by atoms with Gasteiger partial charge in [0.15, 0.2) is 0 Å². The monoisotopic (exact) mass is 234 g/mol. The second kappa shape index (κ2) is 5.19. The van der Waals surface area contributed by atoms with E-state index in [0.29, 0.717) is 12.2 Å². The van der Waals surface area contributed by atoms with Crippen LogP contribution in [0, 0.1) is 0 Å². The molecule has 0 bridgehead atoms. The number of likely N-dealkylation sites (N-methyl/N-ethyl adjacent to an activating group) is 1. The molecule has 0 radical (unpaired) electrons. The Balaban J connectivity index is 2.19. The fraction of sp³-hybridized carbons (Fsp3) is 0.462. The highest BCUT2D eigenvalue weighted by Crippen LogP contribution is 2.31. The molecule has 0 amide bonds. The fourth-order valence-corrected chi connectivity index (χ4v) is 1.92. The number of carbonyl (C=O) groups excluding carboxylic acids is 1. The maximum Gasteiger partial charge on any atom is 0.150 e. The Morgan fingerprint density at radius 3 is 3.00 bits per heavy atom. The van der Waals surface area contributed by atoms with Gasteiger partial charge in [-0.2, -0.15) is 0 Å². The molecule has 17 heavy (non-hydrogen) atoms. The molecule has 0 fully saturated rings. The highest BCUT2D eigenvalue weighted by atomic mass is 16.5. The first-order chi connectivity index (χ1) is 8.20. The van der Waals surface area contributed by atoms with E-state index in [1.807, 2.05) is 12.1 Å². The molecule has 92 valence electrons. The van der Waals surface area contributed by atoms with Crippen LogP contribution in [0.15, 0.2) is 18.2 Å². The quantitative estimate of drug-likeness (QED) is 0.734. The van der Waals surface area contributed by atoms with E-state index in [9.17, 15) is 4.79 Å². The van der Waals surface area contributed by atoms with Crippen LogP contribution in [0.2, 0.25) is 0 Å². The number of anilines is 1. The summed E-state index contributed by atoms with van der Waals surface area (Å²) in [5.41, 5.74) is 1.73. The molecule has 2 rings (SSSR count). The van der Waals surface area contributed by atoms with E-state index < -0.39 is 0 Å². The highest BCUT2D eigenvalue weighted by Gasteiger charge is 2.18. The van der Waals surface area contributed by atoms with Gasteiger partial charge in [0.1, 0.15) is 18.6 Å². The Bertz CT molecular complexity index is 404. The van der Waals surface area contributed by atoms with Crippen LogP contribution < -0.4 is 9.64 Å². The minimum atomic E-state index is 0.698. The summed E-state index contributed by atoms with van der Waals surface area (Å²) in [6, 6.07) is 5.57. The largest absolute Gasteiger partial charge is 0.490 e. The van der Waals surface area contributed by atoms with E-state index in [1.54, 1.807) is 6.07 Å². The average molecular weight is 234 g/mol. The standard InChI is InChI=1S/C13H18N2O2/c1-14(2)5-6-15-7-8-17-13-4-3-11(10-16)9-12(13)15/h3-4,9-10H,5-8H2,1-2H3. The Morgan fingerprint density at radius 2 is 2.29 bits per heavy atom. The summed E-state index contributed by atoms with van der Waals surface area (Å²) in [7, 11) is 4.12. The third-order valence-corrected chi connectivity index (χ3v) is 2.90. The van der Waals surface area contributed by atoms with Crippen molar-refractivity contribution in [2.24, 2.45) is 0 Å². The van der Waals surface area contributed by atoms with Crippen molar-refractivity contribution in [2.75, 3.05) is 45.2 Å². The summed E-state index contributed by atoms with van der Waals surface area (Å²) in [5.74, 6) is 0.876. The Kier molecular flexibility index (Phi) is 3.64. The lowest BCUT2D eigenvalue weighted by molar-refractivity contribution is 0.112.